The molecule has 1 aromatic carbocycles. The lowest BCUT2D eigenvalue weighted by molar-refractivity contribution is -0.143. The molecule has 1 aromatic rings. The zero-order chi connectivity index (χ0) is 19.0. The number of halogens is 3. The van der Waals surface area contributed by atoms with E-state index in [1.807, 2.05) is 0 Å². The van der Waals surface area contributed by atoms with Crippen molar-refractivity contribution in [2.24, 2.45) is 0 Å². The van der Waals surface area contributed by atoms with Gasteiger partial charge in [0.2, 0.25) is 0 Å². The van der Waals surface area contributed by atoms with Crippen LogP contribution in [0.5, 0.6) is 0 Å². The van der Waals surface area contributed by atoms with Crippen molar-refractivity contribution in [3.05, 3.63) is 47.5 Å². The first kappa shape index (κ1) is 20.2. The van der Waals surface area contributed by atoms with Gasteiger partial charge in [-0.05, 0) is 24.6 Å². The second kappa shape index (κ2) is 8.86. The van der Waals surface area contributed by atoms with Crippen LogP contribution in [0.1, 0.15) is 22.3 Å². The van der Waals surface area contributed by atoms with Crippen LogP contribution < -0.4 is 5.32 Å². The lowest BCUT2D eigenvalue weighted by Crippen LogP contribution is -2.41. The number of rotatable bonds is 6. The molecular weight excluding hydrogens is 343 g/mol. The smallest absolute Gasteiger partial charge is 0.416 e. The highest BCUT2D eigenvalue weighted by Gasteiger charge is 2.31. The number of nitrogens with one attached hydrogen (secondary N) is 1. The quantitative estimate of drug-likeness (QED) is 0.621. The van der Waals surface area contributed by atoms with E-state index in [2.05, 4.69) is 14.8 Å². The molecule has 25 heavy (non-hydrogen) atoms. The number of benzene rings is 1. The molecule has 9 heteroatoms. The summed E-state index contributed by atoms with van der Waals surface area (Å²) >= 11 is 0. The van der Waals surface area contributed by atoms with E-state index in [4.69, 9.17) is 0 Å². The van der Waals surface area contributed by atoms with Crippen molar-refractivity contribution in [3.63, 3.8) is 0 Å². The topological polar surface area (TPSA) is 81.7 Å². The van der Waals surface area contributed by atoms with E-state index in [1.54, 1.807) is 0 Å². The number of methoxy groups -OCH3 is 2. The van der Waals surface area contributed by atoms with Gasteiger partial charge in [0, 0.05) is 11.6 Å². The maximum absolute atomic E-state index is 12.7. The average molecular weight is 359 g/mol. The van der Waals surface area contributed by atoms with Gasteiger partial charge in [-0.1, -0.05) is 12.1 Å². The van der Waals surface area contributed by atoms with Crippen LogP contribution in [0.15, 0.2) is 36.4 Å². The third-order valence-electron chi connectivity index (χ3n) is 3.07. The second-order valence-electron chi connectivity index (χ2n) is 4.79. The standard InChI is InChI=1S/C16H16F3NO5/c1-24-13(21)8-4-7-12(15(23)25-2)20-14(22)10-5-3-6-11(9-10)16(17,18)19/h3-6,8-9,12H,7H2,1-2H3,(H,20,22)/b8-4+/t12-/m0/s1. The summed E-state index contributed by atoms with van der Waals surface area (Å²) in [5, 5.41) is 2.27. The molecule has 1 N–H and O–H groups in total. The van der Waals surface area contributed by atoms with Crippen LogP contribution >= 0.6 is 0 Å². The number of carbonyl (C=O) groups excluding carboxylic acids is 3. The normalized spacial score (nSPS) is 12.5. The predicted octanol–water partition coefficient (Wildman–Crippen LogP) is 2.10. The van der Waals surface area contributed by atoms with Gasteiger partial charge in [-0.15, -0.1) is 0 Å². The van der Waals surface area contributed by atoms with Crippen molar-refractivity contribution in [1.29, 1.82) is 0 Å². The molecule has 0 aromatic heterocycles. The van der Waals surface area contributed by atoms with Crippen LogP contribution in [0.3, 0.4) is 0 Å². The fourth-order valence-corrected chi connectivity index (χ4v) is 1.80. The average Bonchev–Trinajstić information content (AvgIpc) is 2.59. The Bertz CT molecular complexity index is 670. The summed E-state index contributed by atoms with van der Waals surface area (Å²) in [6, 6.07) is 2.60. The van der Waals surface area contributed by atoms with Gasteiger partial charge in [-0.25, -0.2) is 9.59 Å². The minimum atomic E-state index is -4.60. The minimum Gasteiger partial charge on any atom is -0.467 e. The minimum absolute atomic E-state index is 0.105. The first-order valence-electron chi connectivity index (χ1n) is 6.99. The zero-order valence-electron chi connectivity index (χ0n) is 13.4. The van der Waals surface area contributed by atoms with Crippen molar-refractivity contribution in [2.75, 3.05) is 14.2 Å². The van der Waals surface area contributed by atoms with Gasteiger partial charge in [0.25, 0.3) is 5.91 Å². The Morgan fingerprint density at radius 2 is 1.88 bits per heavy atom. The zero-order valence-corrected chi connectivity index (χ0v) is 13.4. The monoisotopic (exact) mass is 359 g/mol. The summed E-state index contributed by atoms with van der Waals surface area (Å²) in [5.41, 5.74) is -1.25. The van der Waals surface area contributed by atoms with Crippen molar-refractivity contribution in [3.8, 4) is 0 Å². The van der Waals surface area contributed by atoms with Crippen LogP contribution in [0.2, 0.25) is 0 Å². The van der Waals surface area contributed by atoms with Crippen molar-refractivity contribution >= 4 is 17.8 Å². The summed E-state index contributed by atoms with van der Waals surface area (Å²) in [6.45, 7) is 0. The van der Waals surface area contributed by atoms with Crippen molar-refractivity contribution < 1.29 is 37.0 Å². The fraction of sp³-hybridized carbons (Fsp3) is 0.312. The maximum atomic E-state index is 12.7. The van der Waals surface area contributed by atoms with E-state index < -0.39 is 35.6 Å². The lowest BCUT2D eigenvalue weighted by Gasteiger charge is -2.15. The number of alkyl halides is 3. The molecule has 0 saturated carbocycles. The molecule has 6 nitrogen and oxygen atoms in total. The highest BCUT2D eigenvalue weighted by Crippen LogP contribution is 2.29. The van der Waals surface area contributed by atoms with E-state index in [0.29, 0.717) is 6.07 Å². The Hall–Kier alpha value is -2.84. The van der Waals surface area contributed by atoms with Gasteiger partial charge in [0.1, 0.15) is 6.04 Å². The Balaban J connectivity index is 2.90. The number of carbonyl (C=O) groups is 3. The van der Waals surface area contributed by atoms with Crippen molar-refractivity contribution in [2.45, 2.75) is 18.6 Å². The number of ether oxygens (including phenoxy) is 2. The van der Waals surface area contributed by atoms with Gasteiger partial charge >= 0.3 is 18.1 Å². The molecule has 0 aliphatic carbocycles. The summed E-state index contributed by atoms with van der Waals surface area (Å²) in [5.74, 6) is -2.35. The highest BCUT2D eigenvalue weighted by atomic mass is 19.4. The Kier molecular flexibility index (Phi) is 7.16. The third-order valence-corrected chi connectivity index (χ3v) is 3.07. The van der Waals surface area contributed by atoms with Gasteiger partial charge in [0.15, 0.2) is 0 Å². The van der Waals surface area contributed by atoms with E-state index in [-0.39, 0.29) is 12.0 Å². The molecule has 0 unspecified atom stereocenters. The Labute approximate surface area is 141 Å². The molecule has 0 heterocycles. The molecule has 0 fully saturated rings. The van der Waals surface area contributed by atoms with Crippen LogP contribution in [0.4, 0.5) is 13.2 Å². The SMILES string of the molecule is COC(=O)/C=C/C[C@H](NC(=O)c1cccc(C(F)(F)F)c1)C(=O)OC. The fourth-order valence-electron chi connectivity index (χ4n) is 1.80. The molecule has 0 radical (unpaired) electrons. The molecule has 0 aliphatic heterocycles. The molecule has 1 amide bonds. The van der Waals surface area contributed by atoms with Crippen LogP contribution in [0.25, 0.3) is 0 Å². The molecule has 0 saturated heterocycles. The van der Waals surface area contributed by atoms with Gasteiger partial charge in [-0.2, -0.15) is 13.2 Å². The second-order valence-corrected chi connectivity index (χ2v) is 4.79. The molecule has 1 atom stereocenters. The maximum Gasteiger partial charge on any atom is 0.416 e. The summed E-state index contributed by atoms with van der Waals surface area (Å²) in [6.07, 6.45) is -2.38. The first-order valence-corrected chi connectivity index (χ1v) is 6.99. The van der Waals surface area contributed by atoms with E-state index in [9.17, 15) is 27.6 Å². The van der Waals surface area contributed by atoms with Crippen molar-refractivity contribution in [1.82, 2.24) is 5.32 Å². The van der Waals surface area contributed by atoms with Crippen LogP contribution in [-0.2, 0) is 25.2 Å². The largest absolute Gasteiger partial charge is 0.467 e. The summed E-state index contributed by atoms with van der Waals surface area (Å²) < 4.78 is 47.0. The molecule has 0 bridgehead atoms. The predicted molar refractivity (Wildman–Crippen MR) is 80.5 cm³/mol. The van der Waals surface area contributed by atoms with Gasteiger partial charge < -0.3 is 14.8 Å². The molecular formula is C16H16F3NO5. The molecule has 1 rings (SSSR count). The first-order chi connectivity index (χ1) is 11.7. The molecule has 0 aliphatic rings. The number of hydrogen-bond donors (Lipinski definition) is 1. The van der Waals surface area contributed by atoms with E-state index in [0.717, 1.165) is 25.3 Å². The molecule has 136 valence electrons. The number of hydrogen-bond acceptors (Lipinski definition) is 5. The Morgan fingerprint density at radius 3 is 2.44 bits per heavy atom. The van der Waals surface area contributed by atoms with E-state index >= 15 is 0 Å². The lowest BCUT2D eigenvalue weighted by atomic mass is 10.1. The van der Waals surface area contributed by atoms with Gasteiger partial charge in [0.05, 0.1) is 19.8 Å². The number of esters is 2. The van der Waals surface area contributed by atoms with E-state index in [1.165, 1.54) is 19.3 Å². The molecule has 0 spiro atoms. The summed E-state index contributed by atoms with van der Waals surface area (Å²) in [4.78, 5) is 34.8. The number of amides is 1. The summed E-state index contributed by atoms with van der Waals surface area (Å²) in [7, 11) is 2.26. The highest BCUT2D eigenvalue weighted by molar-refractivity contribution is 5.97. The Morgan fingerprint density at radius 1 is 1.20 bits per heavy atom. The third kappa shape index (κ3) is 6.28. The van der Waals surface area contributed by atoms with Crippen LogP contribution in [0, 0.1) is 0 Å². The van der Waals surface area contributed by atoms with Crippen LogP contribution in [-0.4, -0.2) is 38.1 Å². The van der Waals surface area contributed by atoms with Gasteiger partial charge in [-0.3, -0.25) is 4.79 Å².